The fourth-order valence-corrected chi connectivity index (χ4v) is 5.59. The van der Waals surface area contributed by atoms with Crippen LogP contribution in [0.3, 0.4) is 0 Å². The first-order chi connectivity index (χ1) is 12.5. The normalized spacial score (nSPS) is 15.5. The van der Waals surface area contributed by atoms with Gasteiger partial charge in [0, 0.05) is 54.8 Å². The van der Waals surface area contributed by atoms with Crippen molar-refractivity contribution in [3.8, 4) is 0 Å². The number of para-hydroxylation sites is 1. The molecule has 0 aliphatic carbocycles. The van der Waals surface area contributed by atoms with Crippen molar-refractivity contribution in [3.05, 3.63) is 53.1 Å². The summed E-state index contributed by atoms with van der Waals surface area (Å²) in [5, 5.41) is 4.04. The second-order valence-corrected chi connectivity index (χ2v) is 9.28. The SMILES string of the molecule is Cn1cc(S(=O)(=O)c2ccccc2N2CCNCC2)c2cc(Br)ccc21. The highest BCUT2D eigenvalue weighted by atomic mass is 79.9. The molecule has 0 spiro atoms. The number of nitrogens with one attached hydrogen (secondary N) is 1. The van der Waals surface area contributed by atoms with Crippen LogP contribution in [0.15, 0.2) is 62.9 Å². The molecule has 3 aromatic rings. The molecule has 0 bridgehead atoms. The fourth-order valence-electron chi connectivity index (χ4n) is 3.51. The summed E-state index contributed by atoms with van der Waals surface area (Å²) in [6, 6.07) is 13.0. The van der Waals surface area contributed by atoms with Crippen LogP contribution in [0, 0.1) is 0 Å². The molecular formula is C19H20BrN3O2S. The average Bonchev–Trinajstić information content (AvgIpc) is 2.99. The van der Waals surface area contributed by atoms with Crippen molar-refractivity contribution in [1.82, 2.24) is 9.88 Å². The molecule has 1 saturated heterocycles. The second-order valence-electron chi connectivity index (χ2n) is 6.47. The number of sulfone groups is 1. The minimum atomic E-state index is -3.65. The lowest BCUT2D eigenvalue weighted by atomic mass is 10.2. The number of anilines is 1. The number of hydrogen-bond acceptors (Lipinski definition) is 4. The molecule has 1 aliphatic heterocycles. The van der Waals surface area contributed by atoms with Crippen LogP contribution < -0.4 is 10.2 Å². The first-order valence-electron chi connectivity index (χ1n) is 8.53. The standard InChI is InChI=1S/C19H20BrN3O2S/c1-22-13-19(15-12-14(20)6-7-16(15)22)26(24,25)18-5-3-2-4-17(18)23-10-8-21-9-11-23/h2-7,12-13,21H,8-11H2,1H3. The molecule has 0 amide bonds. The van der Waals surface area contributed by atoms with E-state index in [2.05, 4.69) is 26.1 Å². The van der Waals surface area contributed by atoms with E-state index in [1.54, 1.807) is 18.3 Å². The van der Waals surface area contributed by atoms with Gasteiger partial charge in [-0.3, -0.25) is 0 Å². The van der Waals surface area contributed by atoms with Gasteiger partial charge in [0.05, 0.1) is 15.5 Å². The van der Waals surface area contributed by atoms with Crippen molar-refractivity contribution in [1.29, 1.82) is 0 Å². The fraction of sp³-hybridized carbons (Fsp3) is 0.263. The number of aromatic nitrogens is 1. The Morgan fingerprint density at radius 1 is 1.04 bits per heavy atom. The summed E-state index contributed by atoms with van der Waals surface area (Å²) in [4.78, 5) is 2.86. The molecular weight excluding hydrogens is 414 g/mol. The third-order valence-electron chi connectivity index (χ3n) is 4.82. The van der Waals surface area contributed by atoms with Gasteiger partial charge in [0.25, 0.3) is 0 Å². The Morgan fingerprint density at radius 3 is 2.54 bits per heavy atom. The van der Waals surface area contributed by atoms with E-state index >= 15 is 0 Å². The molecule has 4 rings (SSSR count). The maximum atomic E-state index is 13.6. The summed E-state index contributed by atoms with van der Waals surface area (Å²) in [6.07, 6.45) is 1.71. The monoisotopic (exact) mass is 433 g/mol. The maximum Gasteiger partial charge on any atom is 0.210 e. The van der Waals surface area contributed by atoms with Gasteiger partial charge in [0.2, 0.25) is 9.84 Å². The Labute approximate surface area is 161 Å². The van der Waals surface area contributed by atoms with Gasteiger partial charge in [-0.1, -0.05) is 28.1 Å². The third kappa shape index (κ3) is 2.94. The van der Waals surface area contributed by atoms with E-state index in [1.165, 1.54) is 0 Å². The number of nitrogens with zero attached hydrogens (tertiary/aromatic N) is 2. The summed E-state index contributed by atoms with van der Waals surface area (Å²) >= 11 is 3.46. The molecule has 0 atom stereocenters. The van der Waals surface area contributed by atoms with Gasteiger partial charge in [-0.25, -0.2) is 8.42 Å². The van der Waals surface area contributed by atoms with E-state index in [1.807, 2.05) is 41.9 Å². The van der Waals surface area contributed by atoms with E-state index in [-0.39, 0.29) is 0 Å². The summed E-state index contributed by atoms with van der Waals surface area (Å²) in [6.45, 7) is 3.31. The van der Waals surface area contributed by atoms with Crippen molar-refractivity contribution in [2.24, 2.45) is 7.05 Å². The number of aryl methyl sites for hydroxylation is 1. The zero-order chi connectivity index (χ0) is 18.3. The van der Waals surface area contributed by atoms with Gasteiger partial charge in [-0.05, 0) is 30.3 Å². The van der Waals surface area contributed by atoms with Crippen LogP contribution in [0.4, 0.5) is 5.69 Å². The average molecular weight is 434 g/mol. The molecule has 1 fully saturated rings. The highest BCUT2D eigenvalue weighted by Crippen LogP contribution is 2.35. The number of halogens is 1. The molecule has 136 valence electrons. The largest absolute Gasteiger partial charge is 0.368 e. The Hall–Kier alpha value is -1.83. The Morgan fingerprint density at radius 2 is 1.77 bits per heavy atom. The van der Waals surface area contributed by atoms with Crippen molar-refractivity contribution in [3.63, 3.8) is 0 Å². The predicted molar refractivity (Wildman–Crippen MR) is 108 cm³/mol. The lowest BCUT2D eigenvalue weighted by Gasteiger charge is -2.30. The zero-order valence-electron chi connectivity index (χ0n) is 14.4. The molecule has 0 unspecified atom stereocenters. The first kappa shape index (κ1) is 17.6. The molecule has 2 heterocycles. The van der Waals surface area contributed by atoms with Crippen LogP contribution >= 0.6 is 15.9 Å². The summed E-state index contributed by atoms with van der Waals surface area (Å²) in [5.41, 5.74) is 1.67. The number of benzene rings is 2. The lowest BCUT2D eigenvalue weighted by Crippen LogP contribution is -2.44. The molecule has 1 aliphatic rings. The van der Waals surface area contributed by atoms with Gasteiger partial charge < -0.3 is 14.8 Å². The topological polar surface area (TPSA) is 54.3 Å². The van der Waals surface area contributed by atoms with E-state index in [0.717, 1.165) is 47.2 Å². The van der Waals surface area contributed by atoms with Crippen LogP contribution in [0.5, 0.6) is 0 Å². The zero-order valence-corrected chi connectivity index (χ0v) is 16.8. The van der Waals surface area contributed by atoms with Gasteiger partial charge >= 0.3 is 0 Å². The molecule has 7 heteroatoms. The van der Waals surface area contributed by atoms with Crippen LogP contribution in [-0.2, 0) is 16.9 Å². The van der Waals surface area contributed by atoms with Gasteiger partial charge in [0.1, 0.15) is 0 Å². The second kappa shape index (κ2) is 6.72. The Balaban J connectivity index is 1.90. The molecule has 1 aromatic heterocycles. The highest BCUT2D eigenvalue weighted by Gasteiger charge is 2.27. The Kier molecular flexibility index (Phi) is 4.54. The maximum absolute atomic E-state index is 13.6. The van der Waals surface area contributed by atoms with Crippen molar-refractivity contribution < 1.29 is 8.42 Å². The Bertz CT molecular complexity index is 1070. The van der Waals surface area contributed by atoms with Gasteiger partial charge in [-0.2, -0.15) is 0 Å². The van der Waals surface area contributed by atoms with Crippen molar-refractivity contribution in [2.75, 3.05) is 31.1 Å². The van der Waals surface area contributed by atoms with Crippen LogP contribution in [0.2, 0.25) is 0 Å². The number of hydrogen-bond donors (Lipinski definition) is 1. The van der Waals surface area contributed by atoms with Crippen LogP contribution in [0.1, 0.15) is 0 Å². The lowest BCUT2D eigenvalue weighted by molar-refractivity contribution is 0.580. The molecule has 5 nitrogen and oxygen atoms in total. The quantitative estimate of drug-likeness (QED) is 0.688. The first-order valence-corrected chi connectivity index (χ1v) is 10.8. The molecule has 0 saturated carbocycles. The molecule has 0 radical (unpaired) electrons. The van der Waals surface area contributed by atoms with E-state index in [9.17, 15) is 8.42 Å². The minimum Gasteiger partial charge on any atom is -0.368 e. The molecule has 1 N–H and O–H groups in total. The molecule has 2 aromatic carbocycles. The number of fused-ring (bicyclic) bond motifs is 1. The van der Waals surface area contributed by atoms with E-state index in [4.69, 9.17) is 0 Å². The van der Waals surface area contributed by atoms with E-state index < -0.39 is 9.84 Å². The van der Waals surface area contributed by atoms with Crippen LogP contribution in [-0.4, -0.2) is 39.2 Å². The number of piperazine rings is 1. The van der Waals surface area contributed by atoms with Crippen molar-refractivity contribution in [2.45, 2.75) is 9.79 Å². The van der Waals surface area contributed by atoms with E-state index in [0.29, 0.717) is 9.79 Å². The highest BCUT2D eigenvalue weighted by molar-refractivity contribution is 9.10. The summed E-state index contributed by atoms with van der Waals surface area (Å²) < 4.78 is 29.9. The van der Waals surface area contributed by atoms with Gasteiger partial charge in [0.15, 0.2) is 0 Å². The van der Waals surface area contributed by atoms with Crippen molar-refractivity contribution >= 4 is 42.4 Å². The van der Waals surface area contributed by atoms with Gasteiger partial charge in [-0.15, -0.1) is 0 Å². The summed E-state index contributed by atoms with van der Waals surface area (Å²) in [7, 11) is -1.77. The summed E-state index contributed by atoms with van der Waals surface area (Å²) in [5.74, 6) is 0. The smallest absolute Gasteiger partial charge is 0.210 e. The minimum absolute atomic E-state index is 0.346. The third-order valence-corrected chi connectivity index (χ3v) is 7.14. The number of rotatable bonds is 3. The molecule has 26 heavy (non-hydrogen) atoms. The predicted octanol–water partition coefficient (Wildman–Crippen LogP) is 3.18. The van der Waals surface area contributed by atoms with Crippen LogP contribution in [0.25, 0.3) is 10.9 Å².